The highest BCUT2D eigenvalue weighted by atomic mass is 16.5. The fourth-order valence-corrected chi connectivity index (χ4v) is 1.27. The summed E-state index contributed by atoms with van der Waals surface area (Å²) in [5.41, 5.74) is 0. The Morgan fingerprint density at radius 2 is 2.21 bits per heavy atom. The van der Waals surface area contributed by atoms with Gasteiger partial charge >= 0.3 is 0 Å². The Morgan fingerprint density at radius 1 is 1.36 bits per heavy atom. The Labute approximate surface area is 82.2 Å². The van der Waals surface area contributed by atoms with E-state index >= 15 is 0 Å². The first-order chi connectivity index (χ1) is 6.81. The number of pyridine rings is 1. The summed E-state index contributed by atoms with van der Waals surface area (Å²) in [7, 11) is 1.60. The molecular weight excluding hydrogens is 178 g/mol. The molecule has 0 fully saturated rings. The molecule has 0 aliphatic heterocycles. The Bertz CT molecular complexity index is 436. The number of rotatable bonds is 2. The molecule has 0 unspecified atom stereocenters. The minimum absolute atomic E-state index is 0.607. The van der Waals surface area contributed by atoms with Crippen LogP contribution in [0, 0.1) is 6.92 Å². The molecule has 0 aromatic carbocycles. The Kier molecular flexibility index (Phi) is 2.18. The highest BCUT2D eigenvalue weighted by Crippen LogP contribution is 2.11. The maximum atomic E-state index is 5.05. The number of imidazole rings is 1. The molecule has 2 aromatic heterocycles. The molecule has 0 bridgehead atoms. The lowest BCUT2D eigenvalue weighted by atomic mass is 10.4. The minimum Gasteiger partial charge on any atom is -0.481 e. The van der Waals surface area contributed by atoms with Crippen molar-refractivity contribution < 1.29 is 4.74 Å². The van der Waals surface area contributed by atoms with Crippen LogP contribution in [0.5, 0.6) is 5.88 Å². The van der Waals surface area contributed by atoms with E-state index in [4.69, 9.17) is 4.74 Å². The van der Waals surface area contributed by atoms with Crippen LogP contribution in [0.4, 0.5) is 0 Å². The van der Waals surface area contributed by atoms with Gasteiger partial charge in [0.1, 0.15) is 11.6 Å². The zero-order valence-electron chi connectivity index (χ0n) is 8.14. The fourth-order valence-electron chi connectivity index (χ4n) is 1.27. The summed E-state index contributed by atoms with van der Waals surface area (Å²) >= 11 is 0. The van der Waals surface area contributed by atoms with Crippen LogP contribution in [0.2, 0.25) is 0 Å². The summed E-state index contributed by atoms with van der Waals surface area (Å²) in [5, 5.41) is 0. The zero-order valence-corrected chi connectivity index (χ0v) is 8.14. The van der Waals surface area contributed by atoms with Crippen LogP contribution in [0.3, 0.4) is 0 Å². The molecule has 0 saturated heterocycles. The van der Waals surface area contributed by atoms with Crippen molar-refractivity contribution in [3.05, 3.63) is 36.4 Å². The highest BCUT2D eigenvalue weighted by Gasteiger charge is 2.02. The Balaban J connectivity index is 2.47. The van der Waals surface area contributed by atoms with Gasteiger partial charge in [0.05, 0.1) is 7.11 Å². The highest BCUT2D eigenvalue weighted by molar-refractivity contribution is 5.28. The number of hydrogen-bond acceptors (Lipinski definition) is 3. The van der Waals surface area contributed by atoms with E-state index in [1.165, 1.54) is 0 Å². The topological polar surface area (TPSA) is 39.9 Å². The van der Waals surface area contributed by atoms with Gasteiger partial charge in [-0.15, -0.1) is 0 Å². The molecule has 14 heavy (non-hydrogen) atoms. The molecule has 0 saturated carbocycles. The van der Waals surface area contributed by atoms with E-state index in [1.807, 2.05) is 35.9 Å². The predicted octanol–water partition coefficient (Wildman–Crippen LogP) is 1.58. The lowest BCUT2D eigenvalue weighted by Gasteiger charge is -2.05. The molecule has 0 aliphatic rings. The van der Waals surface area contributed by atoms with Gasteiger partial charge in [0.25, 0.3) is 0 Å². The van der Waals surface area contributed by atoms with Crippen molar-refractivity contribution in [1.29, 1.82) is 0 Å². The maximum Gasteiger partial charge on any atom is 0.214 e. The number of aryl methyl sites for hydroxylation is 1. The summed E-state index contributed by atoms with van der Waals surface area (Å²) in [4.78, 5) is 8.43. The molecule has 2 aromatic rings. The average Bonchev–Trinajstić information content (AvgIpc) is 2.65. The molecular formula is C10H11N3O. The predicted molar refractivity (Wildman–Crippen MR) is 52.6 cm³/mol. The molecule has 0 amide bonds. The Hall–Kier alpha value is -1.84. The quantitative estimate of drug-likeness (QED) is 0.720. The Morgan fingerprint density at radius 3 is 2.86 bits per heavy atom. The first-order valence-electron chi connectivity index (χ1n) is 4.32. The third-order valence-electron chi connectivity index (χ3n) is 1.99. The number of methoxy groups -OCH3 is 1. The third kappa shape index (κ3) is 1.46. The molecule has 2 rings (SSSR count). The second-order valence-electron chi connectivity index (χ2n) is 2.88. The molecule has 4 nitrogen and oxygen atoms in total. The van der Waals surface area contributed by atoms with Crippen molar-refractivity contribution in [2.75, 3.05) is 7.11 Å². The number of nitrogens with zero attached hydrogens (tertiary/aromatic N) is 3. The third-order valence-corrected chi connectivity index (χ3v) is 1.99. The lowest BCUT2D eigenvalue weighted by Crippen LogP contribution is -1.99. The van der Waals surface area contributed by atoms with Crippen LogP contribution in [-0.4, -0.2) is 21.6 Å². The largest absolute Gasteiger partial charge is 0.481 e. The number of hydrogen-bond donors (Lipinski definition) is 0. The fraction of sp³-hybridized carbons (Fsp3) is 0.200. The summed E-state index contributed by atoms with van der Waals surface area (Å²) in [6.45, 7) is 1.93. The van der Waals surface area contributed by atoms with Crippen LogP contribution in [0.1, 0.15) is 5.82 Å². The van der Waals surface area contributed by atoms with Crippen LogP contribution in [-0.2, 0) is 0 Å². The first kappa shape index (κ1) is 8.74. The van der Waals surface area contributed by atoms with Gasteiger partial charge < -0.3 is 4.74 Å². The van der Waals surface area contributed by atoms with Gasteiger partial charge in [-0.05, 0) is 13.0 Å². The van der Waals surface area contributed by atoms with Gasteiger partial charge in [-0.3, -0.25) is 4.57 Å². The molecule has 0 N–H and O–H groups in total. The van der Waals surface area contributed by atoms with Gasteiger partial charge in [-0.25, -0.2) is 4.98 Å². The molecule has 0 atom stereocenters. The lowest BCUT2D eigenvalue weighted by molar-refractivity contribution is 0.397. The van der Waals surface area contributed by atoms with Gasteiger partial charge in [0.15, 0.2) is 0 Å². The van der Waals surface area contributed by atoms with Crippen molar-refractivity contribution in [2.24, 2.45) is 0 Å². The van der Waals surface area contributed by atoms with E-state index in [1.54, 1.807) is 13.3 Å². The maximum absolute atomic E-state index is 5.05. The van der Waals surface area contributed by atoms with Crippen LogP contribution in [0.25, 0.3) is 5.82 Å². The number of ether oxygens (including phenoxy) is 1. The SMILES string of the molecule is COc1cccc(-n2ccnc2C)n1. The smallest absolute Gasteiger partial charge is 0.214 e. The average molecular weight is 189 g/mol. The van der Waals surface area contributed by atoms with Crippen LogP contribution in [0.15, 0.2) is 30.6 Å². The first-order valence-corrected chi connectivity index (χ1v) is 4.32. The molecule has 0 radical (unpaired) electrons. The van der Waals surface area contributed by atoms with Crippen LogP contribution < -0.4 is 4.74 Å². The second kappa shape index (κ2) is 3.49. The molecule has 72 valence electrons. The van der Waals surface area contributed by atoms with E-state index < -0.39 is 0 Å². The second-order valence-corrected chi connectivity index (χ2v) is 2.88. The summed E-state index contributed by atoms with van der Waals surface area (Å²) in [5.74, 6) is 2.33. The van der Waals surface area contributed by atoms with Gasteiger partial charge in [0, 0.05) is 18.5 Å². The zero-order chi connectivity index (χ0) is 9.97. The monoisotopic (exact) mass is 189 g/mol. The van der Waals surface area contributed by atoms with Crippen molar-refractivity contribution in [3.63, 3.8) is 0 Å². The normalized spacial score (nSPS) is 10.1. The van der Waals surface area contributed by atoms with Crippen molar-refractivity contribution in [2.45, 2.75) is 6.92 Å². The molecule has 4 heteroatoms. The van der Waals surface area contributed by atoms with E-state index in [0.29, 0.717) is 5.88 Å². The van der Waals surface area contributed by atoms with Crippen LogP contribution >= 0.6 is 0 Å². The van der Waals surface area contributed by atoms with Gasteiger partial charge in [-0.2, -0.15) is 4.98 Å². The van der Waals surface area contributed by atoms with Crippen molar-refractivity contribution in [1.82, 2.24) is 14.5 Å². The number of aromatic nitrogens is 3. The van der Waals surface area contributed by atoms with Crippen molar-refractivity contribution >= 4 is 0 Å². The van der Waals surface area contributed by atoms with Gasteiger partial charge in [0.2, 0.25) is 5.88 Å². The summed E-state index contributed by atoms with van der Waals surface area (Å²) in [6, 6.07) is 5.63. The van der Waals surface area contributed by atoms with Gasteiger partial charge in [-0.1, -0.05) is 6.07 Å². The van der Waals surface area contributed by atoms with E-state index in [-0.39, 0.29) is 0 Å². The van der Waals surface area contributed by atoms with E-state index in [2.05, 4.69) is 9.97 Å². The molecule has 2 heterocycles. The minimum atomic E-state index is 0.607. The molecule has 0 spiro atoms. The summed E-state index contributed by atoms with van der Waals surface area (Å²) in [6.07, 6.45) is 3.62. The summed E-state index contributed by atoms with van der Waals surface area (Å²) < 4.78 is 6.95. The van der Waals surface area contributed by atoms with E-state index in [0.717, 1.165) is 11.6 Å². The van der Waals surface area contributed by atoms with E-state index in [9.17, 15) is 0 Å². The molecule has 0 aliphatic carbocycles. The van der Waals surface area contributed by atoms with Crippen molar-refractivity contribution in [3.8, 4) is 11.7 Å². The standard InChI is InChI=1S/C10H11N3O/c1-8-11-6-7-13(8)9-4-3-5-10(12-9)14-2/h3-7H,1-2H3.